The molecule has 0 saturated carbocycles. The van der Waals surface area contributed by atoms with Crippen LogP contribution < -0.4 is 5.73 Å². The maximum Gasteiger partial charge on any atom is 0.0842 e. The van der Waals surface area contributed by atoms with Crippen molar-refractivity contribution in [3.8, 4) is 0 Å². The molecule has 0 fully saturated rings. The number of aryl methyl sites for hydroxylation is 1. The van der Waals surface area contributed by atoms with Gasteiger partial charge in [0.1, 0.15) is 0 Å². The highest BCUT2D eigenvalue weighted by Crippen LogP contribution is 2.17. The average Bonchev–Trinajstić information content (AvgIpc) is 2.65. The van der Waals surface area contributed by atoms with Crippen molar-refractivity contribution in [1.82, 2.24) is 15.0 Å². The van der Waals surface area contributed by atoms with Gasteiger partial charge in [0, 0.05) is 25.7 Å². The molecule has 2 N–H and O–H groups in total. The summed E-state index contributed by atoms with van der Waals surface area (Å²) in [5.41, 5.74) is 7.24. The van der Waals surface area contributed by atoms with Crippen LogP contribution >= 0.6 is 0 Å². The highest BCUT2D eigenvalue weighted by molar-refractivity contribution is 4.96. The van der Waals surface area contributed by atoms with Crippen molar-refractivity contribution in [3.63, 3.8) is 0 Å². The van der Waals surface area contributed by atoms with Gasteiger partial charge >= 0.3 is 0 Å². The van der Waals surface area contributed by atoms with Gasteiger partial charge in [-0.05, 0) is 12.3 Å². The molecule has 92 valence electrons. The van der Waals surface area contributed by atoms with E-state index in [0.29, 0.717) is 5.92 Å². The van der Waals surface area contributed by atoms with Crippen LogP contribution in [-0.4, -0.2) is 21.0 Å². The third-order valence-electron chi connectivity index (χ3n) is 3.15. The van der Waals surface area contributed by atoms with Crippen molar-refractivity contribution in [3.05, 3.63) is 11.9 Å². The Bertz CT molecular complexity index is 295. The predicted octanol–water partition coefficient (Wildman–Crippen LogP) is 1.90. The fourth-order valence-corrected chi connectivity index (χ4v) is 2.08. The monoisotopic (exact) mass is 224 g/mol. The molecule has 1 heterocycles. The largest absolute Gasteiger partial charge is 0.327 e. The van der Waals surface area contributed by atoms with Crippen molar-refractivity contribution in [2.24, 2.45) is 18.7 Å². The maximum absolute atomic E-state index is 6.23. The molecule has 2 atom stereocenters. The van der Waals surface area contributed by atoms with E-state index in [-0.39, 0.29) is 6.04 Å². The van der Waals surface area contributed by atoms with Crippen molar-refractivity contribution in [2.45, 2.75) is 52.0 Å². The summed E-state index contributed by atoms with van der Waals surface area (Å²) < 4.78 is 1.73. The molecule has 0 bridgehead atoms. The summed E-state index contributed by atoms with van der Waals surface area (Å²) in [6.45, 7) is 4.44. The van der Waals surface area contributed by atoms with Gasteiger partial charge in [-0.1, -0.05) is 38.3 Å². The number of nitrogens with zero attached hydrogens (tertiary/aromatic N) is 3. The molecular weight excluding hydrogens is 200 g/mol. The standard InChI is InChI=1S/C12H24N4/c1-4-6-7-10(5-2)12(13)8-11-9-16(3)15-14-11/h9-10,12H,4-8,13H2,1-3H3. The quantitative estimate of drug-likeness (QED) is 0.769. The minimum Gasteiger partial charge on any atom is -0.327 e. The second-order valence-corrected chi connectivity index (χ2v) is 4.56. The van der Waals surface area contributed by atoms with Crippen LogP contribution in [0.15, 0.2) is 6.20 Å². The first-order valence-corrected chi connectivity index (χ1v) is 6.28. The highest BCUT2D eigenvalue weighted by atomic mass is 15.4. The first-order chi connectivity index (χ1) is 7.67. The maximum atomic E-state index is 6.23. The second kappa shape index (κ2) is 6.63. The first kappa shape index (κ1) is 13.2. The Morgan fingerprint density at radius 3 is 2.69 bits per heavy atom. The van der Waals surface area contributed by atoms with Gasteiger partial charge in [-0.2, -0.15) is 0 Å². The molecule has 16 heavy (non-hydrogen) atoms. The zero-order valence-corrected chi connectivity index (χ0v) is 10.7. The molecule has 0 aliphatic carbocycles. The molecule has 0 aromatic carbocycles. The molecule has 0 aliphatic rings. The van der Waals surface area contributed by atoms with Crippen LogP contribution in [0, 0.1) is 5.92 Å². The van der Waals surface area contributed by atoms with E-state index in [1.807, 2.05) is 13.2 Å². The summed E-state index contributed by atoms with van der Waals surface area (Å²) in [7, 11) is 1.89. The Kier molecular flexibility index (Phi) is 5.46. The molecule has 0 amide bonds. The van der Waals surface area contributed by atoms with Gasteiger partial charge in [0.15, 0.2) is 0 Å². The average molecular weight is 224 g/mol. The SMILES string of the molecule is CCCCC(CC)C(N)Cc1cn(C)nn1. The van der Waals surface area contributed by atoms with Gasteiger partial charge in [-0.25, -0.2) is 0 Å². The highest BCUT2D eigenvalue weighted by Gasteiger charge is 2.17. The van der Waals surface area contributed by atoms with Crippen LogP contribution in [0.2, 0.25) is 0 Å². The van der Waals surface area contributed by atoms with Crippen LogP contribution in [0.5, 0.6) is 0 Å². The number of aromatic nitrogens is 3. The van der Waals surface area contributed by atoms with Crippen LogP contribution in [0.1, 0.15) is 45.2 Å². The second-order valence-electron chi connectivity index (χ2n) is 4.56. The van der Waals surface area contributed by atoms with Crippen molar-refractivity contribution < 1.29 is 0 Å². The molecule has 4 heteroatoms. The van der Waals surface area contributed by atoms with Crippen LogP contribution in [0.25, 0.3) is 0 Å². The summed E-state index contributed by atoms with van der Waals surface area (Å²) >= 11 is 0. The Morgan fingerprint density at radius 1 is 1.44 bits per heavy atom. The topological polar surface area (TPSA) is 56.7 Å². The lowest BCUT2D eigenvalue weighted by atomic mass is 9.89. The molecule has 1 rings (SSSR count). The van der Waals surface area contributed by atoms with E-state index in [2.05, 4.69) is 24.2 Å². The molecule has 0 radical (unpaired) electrons. The summed E-state index contributed by atoms with van der Waals surface area (Å²) in [6.07, 6.45) is 7.69. The summed E-state index contributed by atoms with van der Waals surface area (Å²) in [4.78, 5) is 0. The molecule has 0 saturated heterocycles. The molecule has 0 aliphatic heterocycles. The van der Waals surface area contributed by atoms with Crippen molar-refractivity contribution in [1.29, 1.82) is 0 Å². The van der Waals surface area contributed by atoms with Crippen LogP contribution in [0.4, 0.5) is 0 Å². The zero-order chi connectivity index (χ0) is 12.0. The third kappa shape index (κ3) is 3.93. The minimum atomic E-state index is 0.216. The van der Waals surface area contributed by atoms with Gasteiger partial charge < -0.3 is 5.73 Å². The zero-order valence-electron chi connectivity index (χ0n) is 10.7. The van der Waals surface area contributed by atoms with E-state index < -0.39 is 0 Å². The number of hydrogen-bond acceptors (Lipinski definition) is 3. The van der Waals surface area contributed by atoms with Gasteiger partial charge in [0.25, 0.3) is 0 Å². The van der Waals surface area contributed by atoms with E-state index in [1.54, 1.807) is 4.68 Å². The predicted molar refractivity (Wildman–Crippen MR) is 66.0 cm³/mol. The van der Waals surface area contributed by atoms with Crippen molar-refractivity contribution in [2.75, 3.05) is 0 Å². The number of hydrogen-bond donors (Lipinski definition) is 1. The van der Waals surface area contributed by atoms with Gasteiger partial charge in [0.2, 0.25) is 0 Å². The Balaban J connectivity index is 2.45. The number of unbranched alkanes of at least 4 members (excludes halogenated alkanes) is 1. The molecule has 0 spiro atoms. The molecule has 1 aromatic heterocycles. The number of nitrogens with two attached hydrogens (primary N) is 1. The van der Waals surface area contributed by atoms with E-state index in [1.165, 1.54) is 19.3 Å². The Hall–Kier alpha value is -0.900. The molecule has 4 nitrogen and oxygen atoms in total. The van der Waals surface area contributed by atoms with Gasteiger partial charge in [0.05, 0.1) is 5.69 Å². The Morgan fingerprint density at radius 2 is 2.19 bits per heavy atom. The fraction of sp³-hybridized carbons (Fsp3) is 0.833. The normalized spacial score (nSPS) is 15.0. The van der Waals surface area contributed by atoms with Crippen LogP contribution in [-0.2, 0) is 13.5 Å². The van der Waals surface area contributed by atoms with Gasteiger partial charge in [-0.15, -0.1) is 5.10 Å². The van der Waals surface area contributed by atoms with E-state index in [0.717, 1.165) is 18.5 Å². The molecular formula is C12H24N4. The fourth-order valence-electron chi connectivity index (χ4n) is 2.08. The van der Waals surface area contributed by atoms with Crippen LogP contribution in [0.3, 0.4) is 0 Å². The Labute approximate surface area is 98.2 Å². The van der Waals surface area contributed by atoms with E-state index in [4.69, 9.17) is 5.73 Å². The van der Waals surface area contributed by atoms with E-state index in [9.17, 15) is 0 Å². The first-order valence-electron chi connectivity index (χ1n) is 6.28. The summed E-state index contributed by atoms with van der Waals surface area (Å²) in [6, 6.07) is 0.216. The third-order valence-corrected chi connectivity index (χ3v) is 3.15. The van der Waals surface area contributed by atoms with Crippen molar-refractivity contribution >= 4 is 0 Å². The van der Waals surface area contributed by atoms with E-state index >= 15 is 0 Å². The molecule has 1 aromatic rings. The minimum absolute atomic E-state index is 0.216. The van der Waals surface area contributed by atoms with Gasteiger partial charge in [-0.3, -0.25) is 4.68 Å². The number of rotatable bonds is 7. The lowest BCUT2D eigenvalue weighted by molar-refractivity contribution is 0.367. The summed E-state index contributed by atoms with van der Waals surface area (Å²) in [5.74, 6) is 0.613. The smallest absolute Gasteiger partial charge is 0.0842 e. The summed E-state index contributed by atoms with van der Waals surface area (Å²) in [5, 5.41) is 8.01. The molecule has 2 unspecified atom stereocenters. The lowest BCUT2D eigenvalue weighted by Gasteiger charge is -2.21. The lowest BCUT2D eigenvalue weighted by Crippen LogP contribution is -2.32.